The first-order valence-corrected chi connectivity index (χ1v) is 9.86. The van der Waals surface area contributed by atoms with Crippen LogP contribution in [-0.4, -0.2) is 26.9 Å². The second kappa shape index (κ2) is 8.68. The number of anilines is 4. The van der Waals surface area contributed by atoms with Gasteiger partial charge in [-0.25, -0.2) is 4.98 Å². The van der Waals surface area contributed by atoms with Crippen LogP contribution in [0.1, 0.15) is 32.6 Å². The average Bonchev–Trinajstić information content (AvgIpc) is 3.23. The van der Waals surface area contributed by atoms with Crippen LogP contribution in [0.3, 0.4) is 0 Å². The summed E-state index contributed by atoms with van der Waals surface area (Å²) in [6, 6.07) is 13.7. The first-order valence-electron chi connectivity index (χ1n) is 9.86. The maximum absolute atomic E-state index is 11.2. The van der Waals surface area contributed by atoms with Gasteiger partial charge in [-0.3, -0.25) is 9.78 Å². The van der Waals surface area contributed by atoms with Crippen molar-refractivity contribution in [2.45, 2.75) is 38.6 Å². The van der Waals surface area contributed by atoms with E-state index >= 15 is 0 Å². The molecule has 1 aromatic carbocycles. The number of pyridine rings is 1. The van der Waals surface area contributed by atoms with Gasteiger partial charge < -0.3 is 16.0 Å². The zero-order valence-corrected chi connectivity index (χ0v) is 16.4. The molecule has 0 radical (unpaired) electrons. The molecule has 148 valence electrons. The van der Waals surface area contributed by atoms with E-state index in [0.29, 0.717) is 17.8 Å². The molecular weight excluding hydrogens is 364 g/mol. The first kappa shape index (κ1) is 18.9. The van der Waals surface area contributed by atoms with Crippen molar-refractivity contribution in [1.29, 1.82) is 0 Å². The number of aromatic nitrogens is 3. The van der Waals surface area contributed by atoms with Crippen LogP contribution in [0.5, 0.6) is 0 Å². The van der Waals surface area contributed by atoms with Crippen LogP contribution in [0, 0.1) is 0 Å². The third kappa shape index (κ3) is 5.07. The van der Waals surface area contributed by atoms with Gasteiger partial charge in [0.05, 0.1) is 5.69 Å². The van der Waals surface area contributed by atoms with Crippen molar-refractivity contribution in [3.05, 3.63) is 54.9 Å². The molecular formula is C22H24N6O. The fourth-order valence-electron chi connectivity index (χ4n) is 3.49. The lowest BCUT2D eigenvalue weighted by atomic mass is 10.2. The molecule has 1 aliphatic rings. The highest BCUT2D eigenvalue weighted by Gasteiger charge is 2.17. The van der Waals surface area contributed by atoms with E-state index < -0.39 is 0 Å². The Balaban J connectivity index is 1.59. The van der Waals surface area contributed by atoms with E-state index in [1.54, 1.807) is 12.4 Å². The molecule has 7 nitrogen and oxygen atoms in total. The lowest BCUT2D eigenvalue weighted by Gasteiger charge is -2.15. The number of hydrogen-bond donors (Lipinski definition) is 3. The van der Waals surface area contributed by atoms with E-state index in [4.69, 9.17) is 4.98 Å². The van der Waals surface area contributed by atoms with Crippen LogP contribution in [0.25, 0.3) is 11.3 Å². The number of carbonyl (C=O) groups excluding carboxylic acids is 1. The van der Waals surface area contributed by atoms with E-state index in [2.05, 4.69) is 25.9 Å². The molecule has 0 atom stereocenters. The summed E-state index contributed by atoms with van der Waals surface area (Å²) in [6.45, 7) is 1.49. The molecule has 1 fully saturated rings. The summed E-state index contributed by atoms with van der Waals surface area (Å²) < 4.78 is 0. The van der Waals surface area contributed by atoms with Crippen molar-refractivity contribution in [1.82, 2.24) is 15.0 Å². The van der Waals surface area contributed by atoms with Crippen LogP contribution in [0.2, 0.25) is 0 Å². The second-order valence-corrected chi connectivity index (χ2v) is 7.21. The number of nitrogens with zero attached hydrogens (tertiary/aromatic N) is 3. The summed E-state index contributed by atoms with van der Waals surface area (Å²) in [5.41, 5.74) is 3.46. The largest absolute Gasteiger partial charge is 0.351 e. The molecule has 0 saturated heterocycles. The zero-order chi connectivity index (χ0) is 20.1. The minimum Gasteiger partial charge on any atom is -0.351 e. The molecule has 4 rings (SSSR count). The Labute approximate surface area is 170 Å². The SMILES string of the molecule is CC(=O)Nc1ccc(Nc2cc(-c3ccncc3)nc(NC3CCCC3)n2)cc1. The number of rotatable bonds is 6. The number of amides is 1. The second-order valence-electron chi connectivity index (χ2n) is 7.21. The van der Waals surface area contributed by atoms with Crippen LogP contribution in [0.15, 0.2) is 54.9 Å². The zero-order valence-electron chi connectivity index (χ0n) is 16.4. The molecule has 7 heteroatoms. The average molecular weight is 388 g/mol. The molecule has 0 spiro atoms. The third-order valence-electron chi connectivity index (χ3n) is 4.87. The maximum Gasteiger partial charge on any atom is 0.225 e. The van der Waals surface area contributed by atoms with Crippen molar-refractivity contribution < 1.29 is 4.79 Å². The highest BCUT2D eigenvalue weighted by Crippen LogP contribution is 2.26. The Morgan fingerprint density at radius 2 is 1.66 bits per heavy atom. The topological polar surface area (TPSA) is 91.8 Å². The lowest BCUT2D eigenvalue weighted by Crippen LogP contribution is -2.17. The number of nitrogens with one attached hydrogen (secondary N) is 3. The van der Waals surface area contributed by atoms with E-state index in [-0.39, 0.29) is 5.91 Å². The minimum atomic E-state index is -0.0915. The smallest absolute Gasteiger partial charge is 0.225 e. The molecule has 3 aromatic rings. The predicted molar refractivity (Wildman–Crippen MR) is 115 cm³/mol. The van der Waals surface area contributed by atoms with E-state index in [9.17, 15) is 4.79 Å². The Bertz CT molecular complexity index is 968. The monoisotopic (exact) mass is 388 g/mol. The van der Waals surface area contributed by atoms with Crippen molar-refractivity contribution in [3.63, 3.8) is 0 Å². The van der Waals surface area contributed by atoms with Crippen molar-refractivity contribution in [2.24, 2.45) is 0 Å². The molecule has 1 aliphatic carbocycles. The van der Waals surface area contributed by atoms with Gasteiger partial charge in [-0.2, -0.15) is 4.98 Å². The number of hydrogen-bond acceptors (Lipinski definition) is 6. The first-order chi connectivity index (χ1) is 14.2. The van der Waals surface area contributed by atoms with Gasteiger partial charge in [-0.1, -0.05) is 12.8 Å². The number of carbonyl (C=O) groups is 1. The van der Waals surface area contributed by atoms with Crippen molar-refractivity contribution in [2.75, 3.05) is 16.0 Å². The van der Waals surface area contributed by atoms with Crippen LogP contribution < -0.4 is 16.0 Å². The fraction of sp³-hybridized carbons (Fsp3) is 0.273. The van der Waals surface area contributed by atoms with Crippen LogP contribution >= 0.6 is 0 Å². The van der Waals surface area contributed by atoms with Gasteiger partial charge >= 0.3 is 0 Å². The van der Waals surface area contributed by atoms with E-state index in [1.807, 2.05) is 42.5 Å². The van der Waals surface area contributed by atoms with Crippen molar-refractivity contribution in [3.8, 4) is 11.3 Å². The van der Waals surface area contributed by atoms with E-state index in [1.165, 1.54) is 19.8 Å². The summed E-state index contributed by atoms with van der Waals surface area (Å²) in [7, 11) is 0. The molecule has 0 aliphatic heterocycles. The van der Waals surface area contributed by atoms with Gasteiger partial charge in [0.1, 0.15) is 5.82 Å². The predicted octanol–water partition coefficient (Wildman–Crippen LogP) is 4.60. The van der Waals surface area contributed by atoms with Gasteiger partial charge in [0.2, 0.25) is 11.9 Å². The highest BCUT2D eigenvalue weighted by atomic mass is 16.1. The fourth-order valence-corrected chi connectivity index (χ4v) is 3.49. The Morgan fingerprint density at radius 1 is 0.966 bits per heavy atom. The Kier molecular flexibility index (Phi) is 5.65. The molecule has 0 unspecified atom stereocenters. The maximum atomic E-state index is 11.2. The summed E-state index contributed by atoms with van der Waals surface area (Å²) in [5.74, 6) is 1.24. The number of benzene rings is 1. The normalized spacial score (nSPS) is 13.8. The third-order valence-corrected chi connectivity index (χ3v) is 4.87. The Morgan fingerprint density at radius 3 is 2.34 bits per heavy atom. The molecule has 2 aromatic heterocycles. The lowest BCUT2D eigenvalue weighted by molar-refractivity contribution is -0.114. The van der Waals surface area contributed by atoms with Gasteiger partial charge in [0.25, 0.3) is 0 Å². The molecule has 0 bridgehead atoms. The summed E-state index contributed by atoms with van der Waals surface area (Å²) >= 11 is 0. The summed E-state index contributed by atoms with van der Waals surface area (Å²) in [6.07, 6.45) is 8.30. The molecule has 1 amide bonds. The van der Waals surface area contributed by atoms with Crippen molar-refractivity contribution >= 4 is 29.0 Å². The van der Waals surface area contributed by atoms with E-state index in [0.717, 1.165) is 35.5 Å². The Hall–Kier alpha value is -3.48. The highest BCUT2D eigenvalue weighted by molar-refractivity contribution is 5.88. The van der Waals surface area contributed by atoms with Gasteiger partial charge in [0.15, 0.2) is 0 Å². The summed E-state index contributed by atoms with van der Waals surface area (Å²) in [5, 5.41) is 9.59. The van der Waals surface area contributed by atoms with Gasteiger partial charge in [-0.15, -0.1) is 0 Å². The van der Waals surface area contributed by atoms with Gasteiger partial charge in [-0.05, 0) is 49.2 Å². The summed E-state index contributed by atoms with van der Waals surface area (Å²) in [4.78, 5) is 24.7. The van der Waals surface area contributed by atoms with Crippen LogP contribution in [0.4, 0.5) is 23.1 Å². The van der Waals surface area contributed by atoms with Gasteiger partial charge in [0, 0.05) is 48.4 Å². The standard InChI is InChI=1S/C22H24N6O/c1-15(29)24-18-6-8-19(9-7-18)25-21-14-20(16-10-12-23-13-11-16)27-22(28-21)26-17-4-2-3-5-17/h6-14,17H,2-5H2,1H3,(H,24,29)(H2,25,26,27,28). The molecule has 1 saturated carbocycles. The quantitative estimate of drug-likeness (QED) is 0.572. The molecule has 29 heavy (non-hydrogen) atoms. The minimum absolute atomic E-state index is 0.0915. The molecule has 2 heterocycles. The van der Waals surface area contributed by atoms with Crippen LogP contribution in [-0.2, 0) is 4.79 Å². The molecule has 3 N–H and O–H groups in total.